The number of carbonyl (C=O) groups is 3. The number of thioether (sulfide) groups is 1. The Morgan fingerprint density at radius 1 is 1.44 bits per heavy atom. The molecule has 94 valence electrons. The summed E-state index contributed by atoms with van der Waals surface area (Å²) in [6.45, 7) is 0. The number of rotatable bonds is 1. The predicted octanol–water partition coefficient (Wildman–Crippen LogP) is 0.179. The van der Waals surface area contributed by atoms with Gasteiger partial charge in [-0.1, -0.05) is 0 Å². The number of hydrogen-bond donors (Lipinski definition) is 2. The molecular weight excluding hydrogens is 254 g/mol. The Labute approximate surface area is 108 Å². The average molecular weight is 265 g/mol. The molecule has 1 heterocycles. The summed E-state index contributed by atoms with van der Waals surface area (Å²) in [5.41, 5.74) is 6.09. The first-order valence-electron chi connectivity index (χ1n) is 5.16. The van der Waals surface area contributed by atoms with Gasteiger partial charge in [0.15, 0.2) is 0 Å². The number of hydrogen-bond acceptors (Lipinski definition) is 5. The van der Waals surface area contributed by atoms with E-state index in [4.69, 9.17) is 5.73 Å². The highest BCUT2D eigenvalue weighted by Gasteiger charge is 2.32. The van der Waals surface area contributed by atoms with Gasteiger partial charge in [-0.15, -0.1) is 11.8 Å². The molecule has 0 unspecified atom stereocenters. The third kappa shape index (κ3) is 2.04. The quantitative estimate of drug-likeness (QED) is 0.707. The number of nitrogens with two attached hydrogens (primary N) is 1. The molecule has 0 radical (unpaired) electrons. The van der Waals surface area contributed by atoms with E-state index >= 15 is 0 Å². The Balaban J connectivity index is 2.52. The third-order valence-corrected chi connectivity index (χ3v) is 3.55. The van der Waals surface area contributed by atoms with Gasteiger partial charge >= 0.3 is 11.8 Å². The SMILES string of the molecule is CNc1ccc2c(c1)N(C(=O)C(N)=O)C(=O)CS2. The van der Waals surface area contributed by atoms with Gasteiger partial charge in [0.1, 0.15) is 0 Å². The van der Waals surface area contributed by atoms with Crippen LogP contribution in [0.4, 0.5) is 11.4 Å². The van der Waals surface area contributed by atoms with Crippen molar-refractivity contribution in [2.45, 2.75) is 4.90 Å². The van der Waals surface area contributed by atoms with Crippen LogP contribution in [0.15, 0.2) is 23.1 Å². The lowest BCUT2D eigenvalue weighted by atomic mass is 10.2. The molecule has 6 nitrogen and oxygen atoms in total. The lowest BCUT2D eigenvalue weighted by Gasteiger charge is -2.26. The molecular formula is C11H11N3O3S. The van der Waals surface area contributed by atoms with E-state index in [2.05, 4.69) is 5.32 Å². The van der Waals surface area contributed by atoms with E-state index in [1.165, 1.54) is 11.8 Å². The first kappa shape index (κ1) is 12.4. The third-order valence-electron chi connectivity index (χ3n) is 2.50. The molecule has 0 aliphatic carbocycles. The molecule has 3 N–H and O–H groups in total. The maximum Gasteiger partial charge on any atom is 0.322 e. The number of amides is 3. The van der Waals surface area contributed by atoms with Gasteiger partial charge < -0.3 is 11.1 Å². The summed E-state index contributed by atoms with van der Waals surface area (Å²) < 4.78 is 0. The lowest BCUT2D eigenvalue weighted by Crippen LogP contribution is -2.46. The summed E-state index contributed by atoms with van der Waals surface area (Å²) in [5, 5.41) is 2.91. The second kappa shape index (κ2) is 4.69. The fourth-order valence-corrected chi connectivity index (χ4v) is 2.51. The number of benzene rings is 1. The molecule has 7 heteroatoms. The van der Waals surface area contributed by atoms with Crippen molar-refractivity contribution in [3.05, 3.63) is 18.2 Å². The fraction of sp³-hybridized carbons (Fsp3) is 0.182. The number of carbonyl (C=O) groups excluding carboxylic acids is 3. The molecule has 2 rings (SSSR count). The van der Waals surface area contributed by atoms with E-state index in [1.807, 2.05) is 6.07 Å². The van der Waals surface area contributed by atoms with Crippen LogP contribution in [0.5, 0.6) is 0 Å². The van der Waals surface area contributed by atoms with Crippen molar-refractivity contribution in [3.8, 4) is 0 Å². The number of anilines is 2. The van der Waals surface area contributed by atoms with Crippen LogP contribution in [0.2, 0.25) is 0 Å². The van der Waals surface area contributed by atoms with Crippen molar-refractivity contribution < 1.29 is 14.4 Å². The van der Waals surface area contributed by atoms with E-state index in [9.17, 15) is 14.4 Å². The van der Waals surface area contributed by atoms with Crippen LogP contribution in [-0.4, -0.2) is 30.5 Å². The Bertz CT molecular complexity index is 544. The summed E-state index contributed by atoms with van der Waals surface area (Å²) in [6.07, 6.45) is 0. The first-order valence-corrected chi connectivity index (χ1v) is 6.14. The molecule has 1 aliphatic rings. The average Bonchev–Trinajstić information content (AvgIpc) is 2.37. The Kier molecular flexibility index (Phi) is 3.24. The van der Waals surface area contributed by atoms with Crippen molar-refractivity contribution in [3.63, 3.8) is 0 Å². The van der Waals surface area contributed by atoms with Gasteiger partial charge in [-0.2, -0.15) is 0 Å². The predicted molar refractivity (Wildman–Crippen MR) is 68.4 cm³/mol. The lowest BCUT2D eigenvalue weighted by molar-refractivity contribution is -0.137. The topological polar surface area (TPSA) is 92.5 Å². The minimum absolute atomic E-state index is 0.116. The van der Waals surface area contributed by atoms with E-state index in [0.717, 1.165) is 15.5 Å². The van der Waals surface area contributed by atoms with E-state index in [0.29, 0.717) is 5.69 Å². The van der Waals surface area contributed by atoms with Crippen LogP contribution in [-0.2, 0) is 14.4 Å². The largest absolute Gasteiger partial charge is 0.388 e. The summed E-state index contributed by atoms with van der Waals surface area (Å²) >= 11 is 1.33. The summed E-state index contributed by atoms with van der Waals surface area (Å²) in [4.78, 5) is 36.0. The van der Waals surface area contributed by atoms with Crippen molar-refractivity contribution in [1.82, 2.24) is 0 Å². The molecule has 18 heavy (non-hydrogen) atoms. The van der Waals surface area contributed by atoms with Crippen LogP contribution in [0.1, 0.15) is 0 Å². The summed E-state index contributed by atoms with van der Waals surface area (Å²) in [7, 11) is 1.72. The van der Waals surface area contributed by atoms with Gasteiger partial charge in [0.2, 0.25) is 5.91 Å². The van der Waals surface area contributed by atoms with Gasteiger partial charge in [-0.3, -0.25) is 14.4 Å². The highest BCUT2D eigenvalue weighted by Crippen LogP contribution is 2.37. The van der Waals surface area contributed by atoms with Gasteiger partial charge in [-0.25, -0.2) is 4.90 Å². The van der Waals surface area contributed by atoms with Gasteiger partial charge in [0.25, 0.3) is 0 Å². The van der Waals surface area contributed by atoms with Crippen molar-refractivity contribution in [1.29, 1.82) is 0 Å². The molecule has 3 amide bonds. The van der Waals surface area contributed by atoms with Gasteiger partial charge in [0.05, 0.1) is 11.4 Å². The maximum absolute atomic E-state index is 11.8. The van der Waals surface area contributed by atoms with Crippen LogP contribution >= 0.6 is 11.8 Å². The minimum Gasteiger partial charge on any atom is -0.388 e. The smallest absolute Gasteiger partial charge is 0.322 e. The number of fused-ring (bicyclic) bond motifs is 1. The van der Waals surface area contributed by atoms with Gasteiger partial charge in [0, 0.05) is 17.6 Å². The second-order valence-corrected chi connectivity index (χ2v) is 4.64. The van der Waals surface area contributed by atoms with Crippen molar-refractivity contribution >= 4 is 40.9 Å². The van der Waals surface area contributed by atoms with Crippen LogP contribution < -0.4 is 16.0 Å². The zero-order valence-electron chi connectivity index (χ0n) is 9.60. The van der Waals surface area contributed by atoms with E-state index in [1.54, 1.807) is 19.2 Å². The zero-order chi connectivity index (χ0) is 13.3. The number of imide groups is 1. The fourth-order valence-electron chi connectivity index (χ4n) is 1.64. The van der Waals surface area contributed by atoms with Crippen molar-refractivity contribution in [2.75, 3.05) is 23.0 Å². The Hall–Kier alpha value is -2.02. The Morgan fingerprint density at radius 3 is 2.78 bits per heavy atom. The van der Waals surface area contributed by atoms with Crippen molar-refractivity contribution in [2.24, 2.45) is 5.73 Å². The number of nitrogens with one attached hydrogen (secondary N) is 1. The zero-order valence-corrected chi connectivity index (χ0v) is 10.4. The number of nitrogens with zero attached hydrogens (tertiary/aromatic N) is 1. The maximum atomic E-state index is 11.8. The van der Waals surface area contributed by atoms with Crippen LogP contribution in [0.25, 0.3) is 0 Å². The normalized spacial score (nSPS) is 14.1. The van der Waals surface area contributed by atoms with E-state index in [-0.39, 0.29) is 5.75 Å². The molecule has 1 aliphatic heterocycles. The molecule has 0 aromatic heterocycles. The minimum atomic E-state index is -1.14. The first-order chi connectivity index (χ1) is 8.54. The molecule has 0 saturated carbocycles. The summed E-state index contributed by atoms with van der Waals surface area (Å²) in [5.74, 6) is -2.47. The molecule has 0 spiro atoms. The molecule has 0 saturated heterocycles. The van der Waals surface area contributed by atoms with Crippen LogP contribution in [0.3, 0.4) is 0 Å². The molecule has 0 atom stereocenters. The second-order valence-electron chi connectivity index (χ2n) is 3.62. The summed E-state index contributed by atoms with van der Waals surface area (Å²) in [6, 6.07) is 5.26. The highest BCUT2D eigenvalue weighted by molar-refractivity contribution is 8.00. The Morgan fingerprint density at radius 2 is 2.17 bits per heavy atom. The molecule has 1 aromatic carbocycles. The molecule has 1 aromatic rings. The molecule has 0 fully saturated rings. The van der Waals surface area contributed by atoms with Gasteiger partial charge in [-0.05, 0) is 18.2 Å². The van der Waals surface area contributed by atoms with Crippen LogP contribution in [0, 0.1) is 0 Å². The number of primary amides is 1. The standard InChI is InChI=1S/C11H11N3O3S/c1-13-6-2-3-8-7(4-6)14(9(15)5-18-8)11(17)10(12)16/h2-4,13H,5H2,1H3,(H2,12,16). The monoisotopic (exact) mass is 265 g/mol. The van der Waals surface area contributed by atoms with E-state index < -0.39 is 17.7 Å². The highest BCUT2D eigenvalue weighted by atomic mass is 32.2. The molecule has 0 bridgehead atoms.